The molecule has 0 aliphatic rings. The topological polar surface area (TPSA) is 56.0 Å². The summed E-state index contributed by atoms with van der Waals surface area (Å²) in [5.74, 6) is 0.777. The zero-order valence-corrected chi connectivity index (χ0v) is 10.5. The highest BCUT2D eigenvalue weighted by molar-refractivity contribution is 8.13. The SMILES string of the molecule is CC(=O)SCCC=Cc1ncc(Cl)cc1N. The lowest BCUT2D eigenvalue weighted by Gasteiger charge is -1.99. The Balaban J connectivity index is 2.47. The standard InChI is InChI=1S/C11H13ClN2OS/c1-8(15)16-5-3-2-4-11-10(13)6-9(12)7-14-11/h2,4,6-7H,3,5,13H2,1H3. The fourth-order valence-corrected chi connectivity index (χ4v) is 1.78. The molecule has 1 heterocycles. The quantitative estimate of drug-likeness (QED) is 0.842. The average molecular weight is 257 g/mol. The van der Waals surface area contributed by atoms with Gasteiger partial charge in [-0.25, -0.2) is 0 Å². The van der Waals surface area contributed by atoms with Gasteiger partial charge in [-0.2, -0.15) is 0 Å². The van der Waals surface area contributed by atoms with Crippen LogP contribution in [-0.2, 0) is 4.79 Å². The summed E-state index contributed by atoms with van der Waals surface area (Å²) in [5.41, 5.74) is 6.99. The molecule has 3 nitrogen and oxygen atoms in total. The van der Waals surface area contributed by atoms with Gasteiger partial charge in [-0.05, 0) is 18.6 Å². The number of anilines is 1. The van der Waals surface area contributed by atoms with E-state index < -0.39 is 0 Å². The number of allylic oxidation sites excluding steroid dienone is 1. The molecule has 1 aromatic rings. The molecule has 0 atom stereocenters. The molecule has 5 heteroatoms. The molecular formula is C11H13ClN2OS. The molecule has 0 saturated carbocycles. The van der Waals surface area contributed by atoms with E-state index in [2.05, 4.69) is 4.98 Å². The summed E-state index contributed by atoms with van der Waals surface area (Å²) in [7, 11) is 0. The molecule has 2 N–H and O–H groups in total. The Hall–Kier alpha value is -1.00. The number of thioether (sulfide) groups is 1. The Kier molecular flexibility index (Phi) is 5.35. The number of nitrogens with zero attached hydrogens (tertiary/aromatic N) is 1. The molecule has 0 spiro atoms. The van der Waals surface area contributed by atoms with E-state index in [0.717, 1.165) is 12.2 Å². The monoisotopic (exact) mass is 256 g/mol. The lowest BCUT2D eigenvalue weighted by molar-refractivity contribution is -0.109. The van der Waals surface area contributed by atoms with Crippen LogP contribution in [0.5, 0.6) is 0 Å². The first-order valence-electron chi connectivity index (χ1n) is 4.80. The maximum Gasteiger partial charge on any atom is 0.185 e. The third kappa shape index (κ3) is 4.68. The van der Waals surface area contributed by atoms with E-state index in [1.54, 1.807) is 19.2 Å². The van der Waals surface area contributed by atoms with Gasteiger partial charge in [0.1, 0.15) is 0 Å². The van der Waals surface area contributed by atoms with Crippen molar-refractivity contribution in [2.24, 2.45) is 0 Å². The largest absolute Gasteiger partial charge is 0.397 e. The minimum absolute atomic E-state index is 0.137. The highest BCUT2D eigenvalue weighted by Crippen LogP contribution is 2.16. The van der Waals surface area contributed by atoms with Gasteiger partial charge < -0.3 is 5.73 Å². The lowest BCUT2D eigenvalue weighted by atomic mass is 10.2. The predicted octanol–water partition coefficient (Wildman–Crippen LogP) is 3.00. The van der Waals surface area contributed by atoms with Crippen molar-refractivity contribution in [3.05, 3.63) is 29.1 Å². The number of carbonyl (C=O) groups is 1. The van der Waals surface area contributed by atoms with Crippen LogP contribution in [0.25, 0.3) is 6.08 Å². The van der Waals surface area contributed by atoms with Gasteiger partial charge in [0.05, 0.1) is 16.4 Å². The van der Waals surface area contributed by atoms with Gasteiger partial charge in [-0.3, -0.25) is 9.78 Å². The van der Waals surface area contributed by atoms with Crippen molar-refractivity contribution in [2.75, 3.05) is 11.5 Å². The molecule has 0 aliphatic carbocycles. The van der Waals surface area contributed by atoms with Crippen molar-refractivity contribution >= 4 is 40.2 Å². The van der Waals surface area contributed by atoms with E-state index in [1.165, 1.54) is 11.8 Å². The van der Waals surface area contributed by atoms with Crippen LogP contribution >= 0.6 is 23.4 Å². The summed E-state index contributed by atoms with van der Waals surface area (Å²) in [6, 6.07) is 1.67. The Labute approximate surface area is 104 Å². The van der Waals surface area contributed by atoms with E-state index in [-0.39, 0.29) is 5.12 Å². The van der Waals surface area contributed by atoms with E-state index in [9.17, 15) is 4.79 Å². The first-order chi connectivity index (χ1) is 7.59. The van der Waals surface area contributed by atoms with Gasteiger partial charge >= 0.3 is 0 Å². The second-order valence-electron chi connectivity index (χ2n) is 3.16. The molecule has 0 aromatic carbocycles. The zero-order chi connectivity index (χ0) is 12.0. The third-order valence-corrected chi connectivity index (χ3v) is 2.83. The maximum absolute atomic E-state index is 10.7. The lowest BCUT2D eigenvalue weighted by Crippen LogP contribution is -1.92. The first kappa shape index (κ1) is 13.1. The number of nitrogen functional groups attached to an aromatic ring is 1. The summed E-state index contributed by atoms with van der Waals surface area (Å²) in [4.78, 5) is 14.8. The Morgan fingerprint density at radius 3 is 3.06 bits per heavy atom. The van der Waals surface area contributed by atoms with Crippen molar-refractivity contribution in [1.29, 1.82) is 0 Å². The van der Waals surface area contributed by atoms with E-state index in [4.69, 9.17) is 17.3 Å². The number of hydrogen-bond donors (Lipinski definition) is 1. The van der Waals surface area contributed by atoms with Crippen LogP contribution in [0.2, 0.25) is 5.02 Å². The van der Waals surface area contributed by atoms with E-state index in [1.807, 2.05) is 12.2 Å². The van der Waals surface area contributed by atoms with E-state index >= 15 is 0 Å². The summed E-state index contributed by atoms with van der Waals surface area (Å²) >= 11 is 7.04. The van der Waals surface area contributed by atoms with Gasteiger partial charge in [-0.1, -0.05) is 29.4 Å². The summed E-state index contributed by atoms with van der Waals surface area (Å²) in [6.07, 6.45) is 6.16. The van der Waals surface area contributed by atoms with Gasteiger partial charge in [0.15, 0.2) is 5.12 Å². The predicted molar refractivity (Wildman–Crippen MR) is 70.4 cm³/mol. The molecule has 0 bridgehead atoms. The molecule has 0 unspecified atom stereocenters. The van der Waals surface area contributed by atoms with Gasteiger partial charge in [-0.15, -0.1) is 0 Å². The molecule has 1 aromatic heterocycles. The Morgan fingerprint density at radius 1 is 1.69 bits per heavy atom. The number of halogens is 1. The zero-order valence-electron chi connectivity index (χ0n) is 8.94. The molecular weight excluding hydrogens is 244 g/mol. The number of pyridine rings is 1. The van der Waals surface area contributed by atoms with Crippen LogP contribution in [0.1, 0.15) is 19.0 Å². The first-order valence-corrected chi connectivity index (χ1v) is 6.17. The highest BCUT2D eigenvalue weighted by Gasteiger charge is 1.97. The van der Waals surface area contributed by atoms with Crippen molar-refractivity contribution in [1.82, 2.24) is 4.98 Å². The van der Waals surface area contributed by atoms with Crippen LogP contribution in [0.4, 0.5) is 5.69 Å². The van der Waals surface area contributed by atoms with Crippen LogP contribution in [0.15, 0.2) is 18.3 Å². The molecule has 86 valence electrons. The highest BCUT2D eigenvalue weighted by atomic mass is 35.5. The van der Waals surface area contributed by atoms with Gasteiger partial charge in [0, 0.05) is 18.9 Å². The maximum atomic E-state index is 10.7. The van der Waals surface area contributed by atoms with Crippen LogP contribution in [-0.4, -0.2) is 15.9 Å². The summed E-state index contributed by atoms with van der Waals surface area (Å²) in [5, 5.41) is 0.666. The number of aromatic nitrogens is 1. The number of rotatable bonds is 4. The Morgan fingerprint density at radius 2 is 2.44 bits per heavy atom. The van der Waals surface area contributed by atoms with Crippen molar-refractivity contribution < 1.29 is 4.79 Å². The summed E-state index contributed by atoms with van der Waals surface area (Å²) < 4.78 is 0. The van der Waals surface area contributed by atoms with Gasteiger partial charge in [0.25, 0.3) is 0 Å². The van der Waals surface area contributed by atoms with Crippen molar-refractivity contribution in [3.63, 3.8) is 0 Å². The molecule has 0 amide bonds. The molecule has 0 aliphatic heterocycles. The number of hydrogen-bond acceptors (Lipinski definition) is 4. The second kappa shape index (κ2) is 6.55. The molecule has 1 rings (SSSR count). The summed E-state index contributed by atoms with van der Waals surface area (Å²) in [6.45, 7) is 1.56. The fourth-order valence-electron chi connectivity index (χ4n) is 1.07. The number of nitrogens with two attached hydrogens (primary N) is 1. The van der Waals surface area contributed by atoms with Crippen LogP contribution in [0, 0.1) is 0 Å². The molecule has 0 radical (unpaired) electrons. The van der Waals surface area contributed by atoms with E-state index in [0.29, 0.717) is 16.4 Å². The Bertz CT molecular complexity index is 407. The van der Waals surface area contributed by atoms with Crippen LogP contribution < -0.4 is 5.73 Å². The third-order valence-electron chi connectivity index (χ3n) is 1.78. The normalized spacial score (nSPS) is 10.9. The molecule has 0 saturated heterocycles. The minimum atomic E-state index is 0.137. The van der Waals surface area contributed by atoms with Crippen molar-refractivity contribution in [2.45, 2.75) is 13.3 Å². The fraction of sp³-hybridized carbons (Fsp3) is 0.273. The van der Waals surface area contributed by atoms with Crippen molar-refractivity contribution in [3.8, 4) is 0 Å². The molecule has 0 fully saturated rings. The average Bonchev–Trinajstić information content (AvgIpc) is 2.20. The smallest absolute Gasteiger partial charge is 0.185 e. The minimum Gasteiger partial charge on any atom is -0.397 e. The van der Waals surface area contributed by atoms with Crippen LogP contribution in [0.3, 0.4) is 0 Å². The second-order valence-corrected chi connectivity index (χ2v) is 4.87. The van der Waals surface area contributed by atoms with Gasteiger partial charge in [0.2, 0.25) is 0 Å². The molecule has 16 heavy (non-hydrogen) atoms. The number of carbonyl (C=O) groups excluding carboxylic acids is 1.